The highest BCUT2D eigenvalue weighted by Gasteiger charge is 2.12. The number of benzene rings is 2. The van der Waals surface area contributed by atoms with Gasteiger partial charge in [-0.3, -0.25) is 4.79 Å². The molecule has 190 valence electrons. The first-order valence-electron chi connectivity index (χ1n) is 12.8. The van der Waals surface area contributed by atoms with Crippen molar-refractivity contribution in [3.05, 3.63) is 63.6 Å². The zero-order chi connectivity index (χ0) is 24.9. The Labute approximate surface area is 220 Å². The molecule has 1 saturated carbocycles. The third-order valence-electron chi connectivity index (χ3n) is 6.50. The summed E-state index contributed by atoms with van der Waals surface area (Å²) in [5.74, 6) is 1.11. The molecule has 6 heteroatoms. The van der Waals surface area contributed by atoms with Crippen molar-refractivity contribution in [1.29, 1.82) is 0 Å². The average Bonchev–Trinajstić information content (AvgIpc) is 2.84. The largest absolute Gasteiger partial charge is 0.493 e. The lowest BCUT2D eigenvalue weighted by atomic mass is 9.98. The van der Waals surface area contributed by atoms with Gasteiger partial charge in [0.15, 0.2) is 11.5 Å². The fourth-order valence-corrected chi connectivity index (χ4v) is 4.96. The van der Waals surface area contributed by atoms with Gasteiger partial charge in [-0.15, -0.1) is 0 Å². The summed E-state index contributed by atoms with van der Waals surface area (Å²) in [5.41, 5.74) is 1.59. The molecule has 1 aliphatic carbocycles. The minimum absolute atomic E-state index is 0.0465. The predicted molar refractivity (Wildman–Crippen MR) is 146 cm³/mol. The lowest BCUT2D eigenvalue weighted by Gasteiger charge is -2.18. The molecule has 0 radical (unpaired) electrons. The third-order valence-corrected chi connectivity index (χ3v) is 7.21. The van der Waals surface area contributed by atoms with Crippen LogP contribution in [-0.2, 0) is 11.4 Å². The smallest absolute Gasteiger partial charge is 0.244 e. The number of halogens is 2. The van der Waals surface area contributed by atoms with Crippen molar-refractivity contribution in [2.75, 3.05) is 7.11 Å². The normalized spacial score (nSPS) is 16.3. The van der Waals surface area contributed by atoms with E-state index < -0.39 is 0 Å². The highest BCUT2D eigenvalue weighted by molar-refractivity contribution is 6.35. The van der Waals surface area contributed by atoms with Crippen LogP contribution in [0.25, 0.3) is 6.08 Å². The number of amides is 1. The van der Waals surface area contributed by atoms with Crippen LogP contribution < -0.4 is 14.8 Å². The van der Waals surface area contributed by atoms with Crippen LogP contribution in [0.2, 0.25) is 10.0 Å². The SMILES string of the molecule is COc1cc(/C=C/C(=O)NC2CCCCCCCCCCC2)ccc1OCc1c(Cl)cccc1Cl. The van der Waals surface area contributed by atoms with Crippen LogP contribution in [0.15, 0.2) is 42.5 Å². The average molecular weight is 519 g/mol. The molecule has 4 nitrogen and oxygen atoms in total. The molecule has 35 heavy (non-hydrogen) atoms. The zero-order valence-corrected chi connectivity index (χ0v) is 22.2. The number of rotatable bonds is 7. The number of hydrogen-bond acceptors (Lipinski definition) is 3. The highest BCUT2D eigenvalue weighted by atomic mass is 35.5. The van der Waals surface area contributed by atoms with Crippen LogP contribution in [0.4, 0.5) is 0 Å². The molecule has 1 fully saturated rings. The van der Waals surface area contributed by atoms with Gasteiger partial charge in [0.05, 0.1) is 7.11 Å². The van der Waals surface area contributed by atoms with E-state index in [0.29, 0.717) is 21.5 Å². The van der Waals surface area contributed by atoms with E-state index in [1.807, 2.05) is 24.3 Å². The van der Waals surface area contributed by atoms with Gasteiger partial charge in [-0.1, -0.05) is 93.1 Å². The monoisotopic (exact) mass is 517 g/mol. The van der Waals surface area contributed by atoms with Gasteiger partial charge in [-0.05, 0) is 48.7 Å². The maximum Gasteiger partial charge on any atom is 0.244 e. The third kappa shape index (κ3) is 9.42. The second-order valence-electron chi connectivity index (χ2n) is 9.20. The number of carbonyl (C=O) groups is 1. The predicted octanol–water partition coefficient (Wildman–Crippen LogP) is 8.38. The number of nitrogens with one attached hydrogen (secondary N) is 1. The molecule has 1 N–H and O–H groups in total. The van der Waals surface area contributed by atoms with Crippen molar-refractivity contribution >= 4 is 35.2 Å². The van der Waals surface area contributed by atoms with E-state index in [1.54, 1.807) is 31.4 Å². The fourth-order valence-electron chi connectivity index (χ4n) is 4.46. The van der Waals surface area contributed by atoms with Gasteiger partial charge in [0.2, 0.25) is 5.91 Å². The summed E-state index contributed by atoms with van der Waals surface area (Å²) < 4.78 is 11.4. The minimum atomic E-state index is -0.0465. The number of hydrogen-bond donors (Lipinski definition) is 1. The number of methoxy groups -OCH3 is 1. The van der Waals surface area contributed by atoms with Crippen molar-refractivity contribution < 1.29 is 14.3 Å². The molecule has 3 rings (SSSR count). The summed E-state index contributed by atoms with van der Waals surface area (Å²) in [5, 5.41) is 4.34. The van der Waals surface area contributed by atoms with E-state index in [4.69, 9.17) is 32.7 Å². The van der Waals surface area contributed by atoms with Gasteiger partial charge < -0.3 is 14.8 Å². The standard InChI is InChI=1S/C29H37Cl2NO3/c1-34-28-20-22(16-18-27(28)35-21-24-25(30)14-11-15-26(24)31)17-19-29(33)32-23-12-9-7-5-3-2-4-6-8-10-13-23/h11,14-20,23H,2-10,12-13,21H2,1H3,(H,32,33)/b19-17+. The molecule has 0 saturated heterocycles. The first-order chi connectivity index (χ1) is 17.1. The van der Waals surface area contributed by atoms with Crippen molar-refractivity contribution in [1.82, 2.24) is 5.32 Å². The molecule has 1 aliphatic rings. The molecule has 0 bridgehead atoms. The topological polar surface area (TPSA) is 47.6 Å². The minimum Gasteiger partial charge on any atom is -0.493 e. The van der Waals surface area contributed by atoms with Crippen LogP contribution in [0, 0.1) is 0 Å². The molecule has 0 aliphatic heterocycles. The number of carbonyl (C=O) groups excluding carboxylic acids is 1. The second kappa shape index (κ2) is 15.1. The molecular weight excluding hydrogens is 481 g/mol. The van der Waals surface area contributed by atoms with Gasteiger partial charge in [-0.25, -0.2) is 0 Å². The van der Waals surface area contributed by atoms with Gasteiger partial charge >= 0.3 is 0 Å². The lowest BCUT2D eigenvalue weighted by Crippen LogP contribution is -2.33. The molecule has 2 aromatic rings. The van der Waals surface area contributed by atoms with Crippen molar-refractivity contribution in [3.63, 3.8) is 0 Å². The Morgan fingerprint density at radius 2 is 1.51 bits per heavy atom. The molecule has 2 aromatic carbocycles. The Kier molecular flexibility index (Phi) is 11.8. The Balaban J connectivity index is 1.56. The quantitative estimate of drug-likeness (QED) is 0.375. The lowest BCUT2D eigenvalue weighted by molar-refractivity contribution is -0.117. The van der Waals surface area contributed by atoms with Crippen molar-refractivity contribution in [3.8, 4) is 11.5 Å². The molecule has 0 spiro atoms. The zero-order valence-electron chi connectivity index (χ0n) is 20.7. The Bertz CT molecular complexity index is 944. The van der Waals surface area contributed by atoms with E-state index >= 15 is 0 Å². The second-order valence-corrected chi connectivity index (χ2v) is 10.0. The van der Waals surface area contributed by atoms with Crippen molar-refractivity contribution in [2.45, 2.75) is 83.3 Å². The summed E-state index contributed by atoms with van der Waals surface area (Å²) in [4.78, 5) is 12.6. The van der Waals surface area contributed by atoms with Gasteiger partial charge in [-0.2, -0.15) is 0 Å². The summed E-state index contributed by atoms with van der Waals surface area (Å²) in [7, 11) is 1.59. The van der Waals surface area contributed by atoms with E-state index in [0.717, 1.165) is 24.0 Å². The fraction of sp³-hybridized carbons (Fsp3) is 0.483. The highest BCUT2D eigenvalue weighted by Crippen LogP contribution is 2.31. The Morgan fingerprint density at radius 1 is 0.914 bits per heavy atom. The number of ether oxygens (including phenoxy) is 2. The molecule has 0 aromatic heterocycles. The first kappa shape index (κ1) is 27.4. The maximum atomic E-state index is 12.6. The maximum absolute atomic E-state index is 12.6. The molecule has 0 heterocycles. The van der Waals surface area contributed by atoms with Crippen LogP contribution in [0.1, 0.15) is 81.8 Å². The molecule has 0 unspecified atom stereocenters. The Morgan fingerprint density at radius 3 is 2.11 bits per heavy atom. The van der Waals surface area contributed by atoms with E-state index in [-0.39, 0.29) is 18.6 Å². The van der Waals surface area contributed by atoms with Gasteiger partial charge in [0.1, 0.15) is 6.61 Å². The Hall–Kier alpha value is -2.17. The van der Waals surface area contributed by atoms with Gasteiger partial charge in [0.25, 0.3) is 0 Å². The van der Waals surface area contributed by atoms with Crippen molar-refractivity contribution in [2.24, 2.45) is 0 Å². The van der Waals surface area contributed by atoms with Crippen LogP contribution in [0.5, 0.6) is 11.5 Å². The molecule has 0 atom stereocenters. The first-order valence-corrected chi connectivity index (χ1v) is 13.5. The summed E-state index contributed by atoms with van der Waals surface area (Å²) in [6.07, 6.45) is 17.1. The summed E-state index contributed by atoms with van der Waals surface area (Å²) in [6, 6.07) is 11.2. The van der Waals surface area contributed by atoms with Crippen LogP contribution in [-0.4, -0.2) is 19.1 Å². The van der Waals surface area contributed by atoms with E-state index in [1.165, 1.54) is 57.8 Å². The summed E-state index contributed by atoms with van der Waals surface area (Å²) in [6.45, 7) is 0.230. The van der Waals surface area contributed by atoms with Crippen LogP contribution in [0.3, 0.4) is 0 Å². The van der Waals surface area contributed by atoms with E-state index in [9.17, 15) is 4.79 Å². The van der Waals surface area contributed by atoms with Gasteiger partial charge in [0, 0.05) is 27.7 Å². The van der Waals surface area contributed by atoms with E-state index in [2.05, 4.69) is 5.32 Å². The summed E-state index contributed by atoms with van der Waals surface area (Å²) >= 11 is 12.5. The molecular formula is C29H37Cl2NO3. The molecule has 1 amide bonds. The van der Waals surface area contributed by atoms with Crippen LogP contribution >= 0.6 is 23.2 Å².